The zero-order chi connectivity index (χ0) is 18.8. The first-order chi connectivity index (χ1) is 13.2. The SMILES string of the molecule is COC(=O)c1ccc(-c2n[nH]c3cc(Nc4ccccc4Cl)ccc23)cc1.Cl.Cl. The average Bonchev–Trinajstić information content (AvgIpc) is 3.12. The lowest BCUT2D eigenvalue weighted by Gasteiger charge is -2.08. The van der Waals surface area contributed by atoms with Gasteiger partial charge in [0.2, 0.25) is 0 Å². The molecule has 8 heteroatoms. The van der Waals surface area contributed by atoms with Crippen LogP contribution in [0.2, 0.25) is 5.02 Å². The van der Waals surface area contributed by atoms with Gasteiger partial charge in [-0.1, -0.05) is 35.9 Å². The van der Waals surface area contributed by atoms with Gasteiger partial charge in [0.25, 0.3) is 0 Å². The Morgan fingerprint density at radius 1 is 1.03 bits per heavy atom. The number of para-hydroxylation sites is 1. The first-order valence-corrected chi connectivity index (χ1v) is 8.72. The van der Waals surface area contributed by atoms with E-state index >= 15 is 0 Å². The molecule has 5 nitrogen and oxygen atoms in total. The molecule has 0 aliphatic rings. The number of hydrogen-bond donors (Lipinski definition) is 2. The van der Waals surface area contributed by atoms with Gasteiger partial charge in [0.05, 0.1) is 34.6 Å². The van der Waals surface area contributed by atoms with Gasteiger partial charge in [-0.05, 0) is 42.5 Å². The number of fused-ring (bicyclic) bond motifs is 1. The maximum absolute atomic E-state index is 11.6. The van der Waals surface area contributed by atoms with E-state index in [4.69, 9.17) is 16.3 Å². The van der Waals surface area contributed by atoms with Gasteiger partial charge in [-0.2, -0.15) is 5.10 Å². The van der Waals surface area contributed by atoms with Gasteiger partial charge in [-0.3, -0.25) is 5.10 Å². The van der Waals surface area contributed by atoms with E-state index in [0.29, 0.717) is 10.6 Å². The van der Waals surface area contributed by atoms with E-state index in [0.717, 1.165) is 33.5 Å². The number of H-pyrrole nitrogens is 1. The highest BCUT2D eigenvalue weighted by atomic mass is 35.5. The molecule has 1 aromatic heterocycles. The summed E-state index contributed by atoms with van der Waals surface area (Å²) >= 11 is 6.21. The number of nitrogens with one attached hydrogen (secondary N) is 2. The van der Waals surface area contributed by atoms with Crippen LogP contribution < -0.4 is 5.32 Å². The summed E-state index contributed by atoms with van der Waals surface area (Å²) in [5.74, 6) is -0.358. The first-order valence-electron chi connectivity index (χ1n) is 8.34. The van der Waals surface area contributed by atoms with Crippen LogP contribution in [0, 0.1) is 0 Å². The highest BCUT2D eigenvalue weighted by molar-refractivity contribution is 6.33. The van der Waals surface area contributed by atoms with Gasteiger partial charge in [-0.15, -0.1) is 24.8 Å². The fourth-order valence-corrected chi connectivity index (χ4v) is 3.10. The van der Waals surface area contributed by atoms with Crippen molar-refractivity contribution in [1.29, 1.82) is 0 Å². The fourth-order valence-electron chi connectivity index (χ4n) is 2.92. The largest absolute Gasteiger partial charge is 0.465 e. The minimum atomic E-state index is -0.358. The fraction of sp³-hybridized carbons (Fsp3) is 0.0476. The molecule has 4 aromatic rings. The molecule has 150 valence electrons. The second-order valence-electron chi connectivity index (χ2n) is 6.01. The van der Waals surface area contributed by atoms with Crippen molar-refractivity contribution in [3.05, 3.63) is 77.3 Å². The Kier molecular flexibility index (Phi) is 7.51. The highest BCUT2D eigenvalue weighted by Gasteiger charge is 2.11. The molecule has 2 N–H and O–H groups in total. The molecule has 0 amide bonds. The number of halogens is 3. The number of anilines is 2. The molecule has 0 unspecified atom stereocenters. The highest BCUT2D eigenvalue weighted by Crippen LogP contribution is 2.30. The maximum Gasteiger partial charge on any atom is 0.337 e. The molecule has 0 saturated carbocycles. The van der Waals surface area contributed by atoms with Gasteiger partial charge in [0.1, 0.15) is 0 Å². The minimum Gasteiger partial charge on any atom is -0.465 e. The molecule has 0 fully saturated rings. The molecule has 0 radical (unpaired) electrons. The monoisotopic (exact) mass is 449 g/mol. The van der Waals surface area contributed by atoms with Crippen LogP contribution in [0.4, 0.5) is 11.4 Å². The van der Waals surface area contributed by atoms with Crippen molar-refractivity contribution in [2.24, 2.45) is 0 Å². The molecule has 0 spiro atoms. The zero-order valence-corrected chi connectivity index (χ0v) is 17.7. The van der Waals surface area contributed by atoms with Crippen LogP contribution in [0.15, 0.2) is 66.7 Å². The Bertz CT molecular complexity index is 1130. The molecule has 0 aliphatic carbocycles. The van der Waals surface area contributed by atoms with Gasteiger partial charge >= 0.3 is 5.97 Å². The van der Waals surface area contributed by atoms with E-state index in [-0.39, 0.29) is 30.8 Å². The van der Waals surface area contributed by atoms with Crippen molar-refractivity contribution >= 4 is 64.7 Å². The molecule has 3 aromatic carbocycles. The van der Waals surface area contributed by atoms with Crippen molar-refractivity contribution in [3.63, 3.8) is 0 Å². The molecule has 0 aliphatic heterocycles. The van der Waals surface area contributed by atoms with Gasteiger partial charge < -0.3 is 10.1 Å². The van der Waals surface area contributed by atoms with Gasteiger partial charge in [0, 0.05) is 16.6 Å². The molecule has 1 heterocycles. The molecule has 29 heavy (non-hydrogen) atoms. The number of hydrogen-bond acceptors (Lipinski definition) is 4. The third-order valence-corrected chi connectivity index (χ3v) is 4.62. The van der Waals surface area contributed by atoms with Crippen LogP contribution in [0.25, 0.3) is 22.2 Å². The third kappa shape index (κ3) is 4.65. The predicted octanol–water partition coefficient (Wildman–Crippen LogP) is 6.26. The second kappa shape index (κ2) is 9.65. The quantitative estimate of drug-likeness (QED) is 0.360. The van der Waals surface area contributed by atoms with E-state index in [2.05, 4.69) is 15.5 Å². The number of ether oxygens (including phenoxy) is 1. The summed E-state index contributed by atoms with van der Waals surface area (Å²) in [6.07, 6.45) is 0. The van der Waals surface area contributed by atoms with Crippen molar-refractivity contribution in [3.8, 4) is 11.3 Å². The van der Waals surface area contributed by atoms with Crippen LogP contribution in [0.3, 0.4) is 0 Å². The summed E-state index contributed by atoms with van der Waals surface area (Å²) in [4.78, 5) is 11.6. The first kappa shape index (κ1) is 22.6. The van der Waals surface area contributed by atoms with Crippen molar-refractivity contribution in [2.75, 3.05) is 12.4 Å². The zero-order valence-electron chi connectivity index (χ0n) is 15.3. The Hall–Kier alpha value is -2.73. The second-order valence-corrected chi connectivity index (χ2v) is 6.41. The Morgan fingerprint density at radius 3 is 2.45 bits per heavy atom. The lowest BCUT2D eigenvalue weighted by atomic mass is 10.1. The number of aromatic nitrogens is 2. The maximum atomic E-state index is 11.6. The van der Waals surface area contributed by atoms with Crippen molar-refractivity contribution in [1.82, 2.24) is 10.2 Å². The lowest BCUT2D eigenvalue weighted by Crippen LogP contribution is -2.00. The van der Waals surface area contributed by atoms with Gasteiger partial charge in [0.15, 0.2) is 0 Å². The summed E-state index contributed by atoms with van der Waals surface area (Å²) in [5.41, 5.74) is 4.90. The summed E-state index contributed by atoms with van der Waals surface area (Å²) < 4.78 is 4.73. The van der Waals surface area contributed by atoms with E-state index in [1.165, 1.54) is 7.11 Å². The standard InChI is InChI=1S/C21H16ClN3O2.2ClH/c1-27-21(26)14-8-6-13(7-9-14)20-16-11-10-15(12-19(16)24-25-20)23-18-5-3-2-4-17(18)22;;/h2-12,23H,1H3,(H,24,25);2*1H. The number of methoxy groups -OCH3 is 1. The normalized spacial score (nSPS) is 10.0. The van der Waals surface area contributed by atoms with Crippen molar-refractivity contribution < 1.29 is 9.53 Å². The smallest absolute Gasteiger partial charge is 0.337 e. The number of benzene rings is 3. The summed E-state index contributed by atoms with van der Waals surface area (Å²) in [5, 5.41) is 12.5. The lowest BCUT2D eigenvalue weighted by molar-refractivity contribution is 0.0601. The number of aromatic amines is 1. The van der Waals surface area contributed by atoms with E-state index in [1.807, 2.05) is 54.6 Å². The number of esters is 1. The predicted molar refractivity (Wildman–Crippen MR) is 122 cm³/mol. The third-order valence-electron chi connectivity index (χ3n) is 4.30. The topological polar surface area (TPSA) is 67.0 Å². The Balaban J connectivity index is 0.00000150. The minimum absolute atomic E-state index is 0. The number of carbonyl (C=O) groups is 1. The molecule has 4 rings (SSSR count). The Labute approximate surface area is 185 Å². The molecular formula is C21H18Cl3N3O2. The average molecular weight is 451 g/mol. The van der Waals surface area contributed by atoms with Crippen LogP contribution in [0.1, 0.15) is 10.4 Å². The number of carbonyl (C=O) groups excluding carboxylic acids is 1. The van der Waals surface area contributed by atoms with Crippen LogP contribution >= 0.6 is 36.4 Å². The van der Waals surface area contributed by atoms with Crippen LogP contribution in [-0.2, 0) is 4.74 Å². The molecular weight excluding hydrogens is 433 g/mol. The summed E-state index contributed by atoms with van der Waals surface area (Å²) in [6.45, 7) is 0. The molecule has 0 saturated heterocycles. The number of rotatable bonds is 4. The van der Waals surface area contributed by atoms with E-state index in [9.17, 15) is 4.79 Å². The molecule has 0 bridgehead atoms. The molecule has 0 atom stereocenters. The van der Waals surface area contributed by atoms with Crippen LogP contribution in [-0.4, -0.2) is 23.3 Å². The summed E-state index contributed by atoms with van der Waals surface area (Å²) in [6, 6.07) is 20.7. The van der Waals surface area contributed by atoms with E-state index < -0.39 is 0 Å². The Morgan fingerprint density at radius 2 is 1.76 bits per heavy atom. The van der Waals surface area contributed by atoms with Gasteiger partial charge in [-0.25, -0.2) is 4.79 Å². The van der Waals surface area contributed by atoms with E-state index in [1.54, 1.807) is 12.1 Å². The number of nitrogens with zero attached hydrogens (tertiary/aromatic N) is 1. The van der Waals surface area contributed by atoms with Crippen LogP contribution in [0.5, 0.6) is 0 Å². The summed E-state index contributed by atoms with van der Waals surface area (Å²) in [7, 11) is 1.37. The van der Waals surface area contributed by atoms with Crippen molar-refractivity contribution in [2.45, 2.75) is 0 Å².